The lowest BCUT2D eigenvalue weighted by Crippen LogP contribution is -2.50. The van der Waals surface area contributed by atoms with Crippen LogP contribution in [0.3, 0.4) is 0 Å². The molecule has 2 aromatic carbocycles. The second kappa shape index (κ2) is 13.7. The average molecular weight is 638 g/mol. The van der Waals surface area contributed by atoms with Gasteiger partial charge in [-0.3, -0.25) is 9.59 Å². The van der Waals surface area contributed by atoms with E-state index in [1.54, 1.807) is 11.1 Å². The summed E-state index contributed by atoms with van der Waals surface area (Å²) < 4.78 is 5.61. The van der Waals surface area contributed by atoms with Crippen LogP contribution in [0.1, 0.15) is 85.9 Å². The molecule has 1 fully saturated rings. The van der Waals surface area contributed by atoms with Gasteiger partial charge in [0.15, 0.2) is 5.69 Å². The summed E-state index contributed by atoms with van der Waals surface area (Å²) in [6.07, 6.45) is 4.70. The summed E-state index contributed by atoms with van der Waals surface area (Å²) in [5, 5.41) is 8.46. The second-order valence-corrected chi connectivity index (χ2v) is 12.8. The Morgan fingerprint density at radius 3 is 2.50 bits per heavy atom. The molecule has 0 bridgehead atoms. The Balaban J connectivity index is 1.57. The minimum Gasteiger partial charge on any atom is -0.444 e. The molecule has 0 saturated carbocycles. The number of hydrogen-bond acceptors (Lipinski definition) is 5. The first-order chi connectivity index (χ1) is 20.0. The Hall–Kier alpha value is -3.46. The molecular weight excluding hydrogens is 596 g/mol. The highest BCUT2D eigenvalue weighted by atomic mass is 79.9. The third kappa shape index (κ3) is 7.88. The zero-order valence-corrected chi connectivity index (χ0v) is 26.7. The first kappa shape index (κ1) is 31.5. The number of carbonyl (C=O) groups excluding carboxylic acids is 3. The normalized spacial score (nSPS) is 15.5. The van der Waals surface area contributed by atoms with Crippen LogP contribution in [0.2, 0.25) is 0 Å². The smallest absolute Gasteiger partial charge is 0.410 e. The number of amides is 3. The lowest BCUT2D eigenvalue weighted by molar-refractivity contribution is 0.00984. The number of pyridine rings is 1. The van der Waals surface area contributed by atoms with Crippen LogP contribution in [0.4, 0.5) is 10.5 Å². The van der Waals surface area contributed by atoms with E-state index in [1.807, 2.05) is 63.2 Å². The van der Waals surface area contributed by atoms with E-state index >= 15 is 0 Å². The summed E-state index contributed by atoms with van der Waals surface area (Å²) in [6, 6.07) is 13.2. The van der Waals surface area contributed by atoms with Gasteiger partial charge in [0, 0.05) is 30.2 Å². The Morgan fingerprint density at radius 1 is 1.07 bits per heavy atom. The topological polar surface area (TPSA) is 101 Å². The van der Waals surface area contributed by atoms with Crippen molar-refractivity contribution in [2.75, 3.05) is 18.4 Å². The molecule has 1 unspecified atom stereocenters. The summed E-state index contributed by atoms with van der Waals surface area (Å²) in [6.45, 7) is 10.6. The van der Waals surface area contributed by atoms with Crippen molar-refractivity contribution in [1.29, 1.82) is 0 Å². The standard InChI is InChI=1S/C33H41BrN4O4/c1-21(2)16-22-17-28(37-30(39)27-14-13-23(18-34)25-11-6-7-12-26(25)27)29(35-19-22)31(40)36-20-24-10-8-9-15-38(24)32(41)42-33(3,4)5/h6-7,11-14,17,19,21,24H,8-10,15-16,18,20H2,1-5H3,(H,36,40)(H,37,39). The maximum absolute atomic E-state index is 13.6. The summed E-state index contributed by atoms with van der Waals surface area (Å²) >= 11 is 3.53. The van der Waals surface area contributed by atoms with Gasteiger partial charge in [0.05, 0.1) is 11.7 Å². The molecule has 2 heterocycles. The number of fused-ring (bicyclic) bond motifs is 1. The summed E-state index contributed by atoms with van der Waals surface area (Å²) in [7, 11) is 0. The monoisotopic (exact) mass is 636 g/mol. The van der Waals surface area contributed by atoms with Gasteiger partial charge in [0.25, 0.3) is 11.8 Å². The molecule has 1 atom stereocenters. The lowest BCUT2D eigenvalue weighted by atomic mass is 9.99. The number of piperidine rings is 1. The zero-order valence-electron chi connectivity index (χ0n) is 25.1. The van der Waals surface area contributed by atoms with Crippen molar-refractivity contribution in [3.8, 4) is 0 Å². The van der Waals surface area contributed by atoms with E-state index in [0.717, 1.165) is 47.6 Å². The van der Waals surface area contributed by atoms with Crippen LogP contribution in [0.15, 0.2) is 48.7 Å². The number of alkyl halides is 1. The van der Waals surface area contributed by atoms with Gasteiger partial charge >= 0.3 is 6.09 Å². The zero-order chi connectivity index (χ0) is 30.4. The van der Waals surface area contributed by atoms with Crippen LogP contribution >= 0.6 is 15.9 Å². The maximum atomic E-state index is 13.6. The van der Waals surface area contributed by atoms with E-state index in [-0.39, 0.29) is 30.3 Å². The molecular formula is C33H41BrN4O4. The number of ether oxygens (including phenoxy) is 1. The number of carbonyl (C=O) groups is 3. The van der Waals surface area contributed by atoms with Crippen molar-refractivity contribution in [3.63, 3.8) is 0 Å². The average Bonchev–Trinajstić information content (AvgIpc) is 2.94. The van der Waals surface area contributed by atoms with E-state index in [2.05, 4.69) is 45.4 Å². The highest BCUT2D eigenvalue weighted by Crippen LogP contribution is 2.27. The minimum absolute atomic E-state index is 0.136. The molecule has 3 aromatic rings. The van der Waals surface area contributed by atoms with Gasteiger partial charge in [-0.1, -0.05) is 60.1 Å². The van der Waals surface area contributed by atoms with E-state index in [9.17, 15) is 14.4 Å². The molecule has 1 aliphatic heterocycles. The molecule has 0 spiro atoms. The first-order valence-electron chi connectivity index (χ1n) is 14.6. The van der Waals surface area contributed by atoms with Gasteiger partial charge in [0.1, 0.15) is 5.60 Å². The minimum atomic E-state index is -0.600. The van der Waals surface area contributed by atoms with Crippen LogP contribution in [0.5, 0.6) is 0 Å². The first-order valence-corrected chi connectivity index (χ1v) is 15.7. The number of aromatic nitrogens is 1. The van der Waals surface area contributed by atoms with E-state index in [4.69, 9.17) is 4.74 Å². The highest BCUT2D eigenvalue weighted by molar-refractivity contribution is 9.08. The lowest BCUT2D eigenvalue weighted by Gasteiger charge is -2.36. The quantitative estimate of drug-likeness (QED) is 0.257. The summed E-state index contributed by atoms with van der Waals surface area (Å²) in [5.74, 6) is -0.343. The summed E-state index contributed by atoms with van der Waals surface area (Å²) in [5.41, 5.74) is 2.43. The van der Waals surface area contributed by atoms with Crippen LogP contribution in [0, 0.1) is 5.92 Å². The van der Waals surface area contributed by atoms with Crippen molar-refractivity contribution in [2.45, 2.75) is 77.3 Å². The third-order valence-corrected chi connectivity index (χ3v) is 7.81. The largest absolute Gasteiger partial charge is 0.444 e. The number of hydrogen-bond donors (Lipinski definition) is 2. The molecule has 0 radical (unpaired) electrons. The van der Waals surface area contributed by atoms with Crippen molar-refractivity contribution in [3.05, 3.63) is 71.0 Å². The van der Waals surface area contributed by atoms with Gasteiger partial charge in [-0.25, -0.2) is 9.78 Å². The molecule has 42 heavy (non-hydrogen) atoms. The molecule has 1 aliphatic rings. The highest BCUT2D eigenvalue weighted by Gasteiger charge is 2.31. The Morgan fingerprint density at radius 2 is 1.81 bits per heavy atom. The SMILES string of the molecule is CC(C)Cc1cnc(C(=O)NCC2CCCCN2C(=O)OC(C)(C)C)c(NC(=O)c2ccc(CBr)c3ccccc23)c1. The number of anilines is 1. The fraction of sp³-hybridized carbons (Fsp3) is 0.455. The fourth-order valence-corrected chi connectivity index (χ4v) is 5.79. The van der Waals surface area contributed by atoms with Crippen LogP contribution in [-0.4, -0.2) is 52.5 Å². The number of rotatable bonds is 8. The number of nitrogens with zero attached hydrogens (tertiary/aromatic N) is 2. The molecule has 9 heteroatoms. The Labute approximate surface area is 256 Å². The number of halogens is 1. The molecule has 2 N–H and O–H groups in total. The van der Waals surface area contributed by atoms with Crippen molar-refractivity contribution < 1.29 is 19.1 Å². The molecule has 8 nitrogen and oxygen atoms in total. The van der Waals surface area contributed by atoms with Crippen molar-refractivity contribution >= 4 is 50.3 Å². The molecule has 224 valence electrons. The van der Waals surface area contributed by atoms with Crippen LogP contribution in [0.25, 0.3) is 10.8 Å². The van der Waals surface area contributed by atoms with Gasteiger partial charge in [-0.05, 0) is 86.4 Å². The Bertz CT molecular complexity index is 1450. The molecule has 3 amide bonds. The number of benzene rings is 2. The molecule has 4 rings (SSSR count). The van der Waals surface area contributed by atoms with Gasteiger partial charge < -0.3 is 20.3 Å². The van der Waals surface area contributed by atoms with Crippen molar-refractivity contribution in [2.24, 2.45) is 5.92 Å². The molecule has 1 saturated heterocycles. The Kier molecular flexibility index (Phi) is 10.2. The second-order valence-electron chi connectivity index (χ2n) is 12.3. The molecule has 1 aromatic heterocycles. The van der Waals surface area contributed by atoms with Gasteiger partial charge in [-0.2, -0.15) is 0 Å². The van der Waals surface area contributed by atoms with Crippen LogP contribution < -0.4 is 10.6 Å². The van der Waals surface area contributed by atoms with Gasteiger partial charge in [0.2, 0.25) is 0 Å². The van der Waals surface area contributed by atoms with E-state index < -0.39 is 11.5 Å². The number of nitrogens with one attached hydrogen (secondary N) is 2. The third-order valence-electron chi connectivity index (χ3n) is 7.21. The van der Waals surface area contributed by atoms with Gasteiger partial charge in [-0.15, -0.1) is 0 Å². The predicted molar refractivity (Wildman–Crippen MR) is 170 cm³/mol. The predicted octanol–water partition coefficient (Wildman–Crippen LogP) is 7.10. The van der Waals surface area contributed by atoms with E-state index in [0.29, 0.717) is 29.0 Å². The molecule has 0 aliphatic carbocycles. The fourth-order valence-electron chi connectivity index (χ4n) is 5.30. The number of likely N-dealkylation sites (tertiary alicyclic amines) is 1. The summed E-state index contributed by atoms with van der Waals surface area (Å²) in [4.78, 5) is 46.2. The van der Waals surface area contributed by atoms with E-state index in [1.165, 1.54) is 0 Å². The maximum Gasteiger partial charge on any atom is 0.410 e. The van der Waals surface area contributed by atoms with Crippen molar-refractivity contribution in [1.82, 2.24) is 15.2 Å². The van der Waals surface area contributed by atoms with Crippen LogP contribution in [-0.2, 0) is 16.5 Å².